The fourth-order valence-electron chi connectivity index (χ4n) is 2.79. The van der Waals surface area contributed by atoms with Gasteiger partial charge in [-0.15, -0.1) is 0 Å². The van der Waals surface area contributed by atoms with Crippen LogP contribution in [-0.2, 0) is 20.0 Å². The molecule has 0 saturated heterocycles. The molecule has 0 aliphatic carbocycles. The molecule has 3 aromatic rings. The summed E-state index contributed by atoms with van der Waals surface area (Å²) in [6, 6.07) is 14.1. The van der Waals surface area contributed by atoms with Gasteiger partial charge in [0, 0.05) is 20.0 Å². The van der Waals surface area contributed by atoms with Crippen LogP contribution in [0.1, 0.15) is 44.6 Å². The third kappa shape index (κ3) is 9.88. The highest BCUT2D eigenvalue weighted by atomic mass is 16.5. The molecule has 182 valence electrons. The normalized spacial score (nSPS) is 9.47. The van der Waals surface area contributed by atoms with Crippen LogP contribution in [0.4, 0.5) is 0 Å². The lowest BCUT2D eigenvalue weighted by atomic mass is 10.1. The van der Waals surface area contributed by atoms with Gasteiger partial charge in [0.1, 0.15) is 17.3 Å². The first-order valence-corrected chi connectivity index (χ1v) is 11.6. The lowest BCUT2D eigenvalue weighted by Crippen LogP contribution is -2.00. The minimum atomic E-state index is 0.533. The summed E-state index contributed by atoms with van der Waals surface area (Å²) in [5.41, 5.74) is 10.1. The van der Waals surface area contributed by atoms with E-state index in [1.807, 2.05) is 71.1 Å². The van der Waals surface area contributed by atoms with Crippen molar-refractivity contribution in [3.63, 3.8) is 0 Å². The number of benzene rings is 2. The first-order chi connectivity index (χ1) is 16.5. The number of allylic oxidation sites excluding steroid dienone is 5. The van der Waals surface area contributed by atoms with Gasteiger partial charge >= 0.3 is 0 Å². The highest BCUT2D eigenvalue weighted by Crippen LogP contribution is 2.21. The van der Waals surface area contributed by atoms with Crippen LogP contribution in [0.5, 0.6) is 5.75 Å². The molecule has 0 bridgehead atoms. The summed E-state index contributed by atoms with van der Waals surface area (Å²) in [5.74, 6) is 2.34. The molecule has 0 saturated carbocycles. The second-order valence-corrected chi connectivity index (χ2v) is 6.57. The Labute approximate surface area is 206 Å². The molecule has 4 nitrogen and oxygen atoms in total. The number of fused-ring (bicyclic) bond motifs is 1. The van der Waals surface area contributed by atoms with Crippen LogP contribution in [-0.4, -0.2) is 9.55 Å². The third-order valence-electron chi connectivity index (χ3n) is 4.39. The summed E-state index contributed by atoms with van der Waals surface area (Å²) in [4.78, 5) is 4.75. The van der Waals surface area contributed by atoms with Gasteiger partial charge in [-0.3, -0.25) is 0 Å². The minimum Gasteiger partial charge on any atom is -0.458 e. The molecule has 0 atom stereocenters. The van der Waals surface area contributed by atoms with Crippen LogP contribution < -0.4 is 10.5 Å². The number of aryl methyl sites for hydroxylation is 1. The molecule has 3 rings (SSSR count). The average molecular weight is 460 g/mol. The van der Waals surface area contributed by atoms with Crippen molar-refractivity contribution in [1.82, 2.24) is 9.55 Å². The smallest absolute Gasteiger partial charge is 0.127 e. The second-order valence-electron chi connectivity index (χ2n) is 6.57. The van der Waals surface area contributed by atoms with Crippen molar-refractivity contribution in [2.75, 3.05) is 0 Å². The lowest BCUT2D eigenvalue weighted by Gasteiger charge is -2.07. The number of ether oxygens (including phenoxy) is 1. The summed E-state index contributed by atoms with van der Waals surface area (Å²) in [5, 5.41) is 0. The summed E-state index contributed by atoms with van der Waals surface area (Å²) in [7, 11) is 2.04. The quantitative estimate of drug-likeness (QED) is 0.278. The lowest BCUT2D eigenvalue weighted by molar-refractivity contribution is 0.447. The van der Waals surface area contributed by atoms with E-state index in [9.17, 15) is 0 Å². The number of nitrogens with zero attached hydrogens (tertiary/aromatic N) is 2. The van der Waals surface area contributed by atoms with Gasteiger partial charge in [-0.2, -0.15) is 0 Å². The van der Waals surface area contributed by atoms with Crippen LogP contribution in [0.15, 0.2) is 105 Å². The van der Waals surface area contributed by atoms with Crippen molar-refractivity contribution in [2.45, 2.75) is 40.7 Å². The van der Waals surface area contributed by atoms with Crippen LogP contribution in [0.2, 0.25) is 0 Å². The van der Waals surface area contributed by atoms with E-state index in [1.165, 1.54) is 5.56 Å². The van der Waals surface area contributed by atoms with Crippen LogP contribution >= 0.6 is 0 Å². The molecule has 0 radical (unpaired) electrons. The maximum atomic E-state index is 5.74. The number of rotatable bonds is 8. The van der Waals surface area contributed by atoms with E-state index in [1.54, 1.807) is 30.4 Å². The van der Waals surface area contributed by atoms with Gasteiger partial charge in [-0.05, 0) is 41.5 Å². The maximum absolute atomic E-state index is 5.74. The fraction of sp³-hybridized carbons (Fsp3) is 0.233. The summed E-state index contributed by atoms with van der Waals surface area (Å²) in [6.07, 6.45) is 9.28. The molecule has 0 aliphatic heterocycles. The van der Waals surface area contributed by atoms with Gasteiger partial charge in [0.25, 0.3) is 0 Å². The Bertz CT molecular complexity index is 1050. The minimum absolute atomic E-state index is 0.533. The molecule has 1 aromatic heterocycles. The first-order valence-electron chi connectivity index (χ1n) is 11.6. The number of imidazole rings is 1. The molecule has 1 heterocycles. The van der Waals surface area contributed by atoms with E-state index < -0.39 is 0 Å². The topological polar surface area (TPSA) is 53.1 Å². The van der Waals surface area contributed by atoms with Gasteiger partial charge in [-0.1, -0.05) is 96.5 Å². The predicted molar refractivity (Wildman–Crippen MR) is 150 cm³/mol. The molecule has 0 amide bonds. The zero-order valence-electron chi connectivity index (χ0n) is 21.6. The van der Waals surface area contributed by atoms with Gasteiger partial charge in [0.2, 0.25) is 0 Å². The van der Waals surface area contributed by atoms with Crippen LogP contribution in [0, 0.1) is 0 Å². The molecular formula is C30H41N3O. The Balaban J connectivity index is 0.00000121. The maximum Gasteiger partial charge on any atom is 0.127 e. The summed E-state index contributed by atoms with van der Waals surface area (Å²) < 4.78 is 7.78. The molecule has 0 aliphatic rings. The Morgan fingerprint density at radius 3 is 2.06 bits per heavy atom. The van der Waals surface area contributed by atoms with Gasteiger partial charge in [-0.25, -0.2) is 4.98 Å². The number of hydrogen-bond acceptors (Lipinski definition) is 3. The second kappa shape index (κ2) is 17.9. The van der Waals surface area contributed by atoms with Gasteiger partial charge in [0.05, 0.1) is 11.0 Å². The molecule has 0 fully saturated rings. The largest absolute Gasteiger partial charge is 0.458 e. The molecule has 2 aromatic carbocycles. The zero-order valence-corrected chi connectivity index (χ0v) is 21.6. The molecule has 2 N–H and O–H groups in total. The van der Waals surface area contributed by atoms with E-state index in [0.29, 0.717) is 12.3 Å². The van der Waals surface area contributed by atoms with E-state index in [0.717, 1.165) is 34.6 Å². The Hall–Kier alpha value is -3.63. The first kappa shape index (κ1) is 30.4. The highest BCUT2D eigenvalue weighted by molar-refractivity contribution is 5.77. The van der Waals surface area contributed by atoms with Crippen LogP contribution in [0.3, 0.4) is 0 Å². The summed E-state index contributed by atoms with van der Waals surface area (Å²) in [6.45, 7) is 22.7. The number of aromatic nitrogens is 2. The molecule has 0 spiro atoms. The highest BCUT2D eigenvalue weighted by Gasteiger charge is 2.09. The van der Waals surface area contributed by atoms with E-state index in [-0.39, 0.29) is 0 Å². The Morgan fingerprint density at radius 2 is 1.53 bits per heavy atom. The monoisotopic (exact) mass is 459 g/mol. The van der Waals surface area contributed by atoms with E-state index in [4.69, 9.17) is 15.5 Å². The van der Waals surface area contributed by atoms with E-state index in [2.05, 4.69) is 36.9 Å². The number of hydrogen-bond donors (Lipinski definition) is 1. The van der Waals surface area contributed by atoms with Crippen molar-refractivity contribution >= 4 is 11.0 Å². The predicted octanol–water partition coefficient (Wildman–Crippen LogP) is 7.67. The van der Waals surface area contributed by atoms with Crippen molar-refractivity contribution in [3.05, 3.63) is 122 Å². The zero-order chi connectivity index (χ0) is 25.9. The van der Waals surface area contributed by atoms with Crippen molar-refractivity contribution in [2.24, 2.45) is 12.8 Å². The molecule has 4 heteroatoms. The number of nitrogens with two attached hydrogens (primary N) is 1. The van der Waals surface area contributed by atoms with Crippen molar-refractivity contribution in [1.29, 1.82) is 0 Å². The van der Waals surface area contributed by atoms with Crippen molar-refractivity contribution in [3.8, 4) is 5.75 Å². The Kier molecular flexibility index (Phi) is 16.0. The SMILES string of the molecule is C=C/C=C\C(=C)Oc1ccc(Cc2nc3ccc(CN)cc3n2C)cc1.C=CC=C.CC.CC. The molecule has 34 heavy (non-hydrogen) atoms. The summed E-state index contributed by atoms with van der Waals surface area (Å²) >= 11 is 0. The molecule has 0 unspecified atom stereocenters. The van der Waals surface area contributed by atoms with Gasteiger partial charge in [0.15, 0.2) is 0 Å². The standard InChI is InChI=1S/C22H23N3O.C4H6.2C2H6/c1-4-5-6-16(2)26-19-10-7-17(8-11-19)14-22-24-20-12-9-18(15-23)13-21(20)25(22)3;1-3-4-2;2*1-2/h4-13H,1-2,14-15,23H2,3H3;3-4H,1-2H2;2*1-2H3/b6-5-;;;. The average Bonchev–Trinajstić information content (AvgIpc) is 3.20. The van der Waals surface area contributed by atoms with E-state index >= 15 is 0 Å². The fourth-order valence-corrected chi connectivity index (χ4v) is 2.79. The van der Waals surface area contributed by atoms with Crippen LogP contribution in [0.25, 0.3) is 11.0 Å². The molecular weight excluding hydrogens is 418 g/mol. The Morgan fingerprint density at radius 1 is 0.941 bits per heavy atom. The third-order valence-corrected chi connectivity index (χ3v) is 4.39. The van der Waals surface area contributed by atoms with Gasteiger partial charge < -0.3 is 15.0 Å². The van der Waals surface area contributed by atoms with Crippen molar-refractivity contribution < 1.29 is 4.74 Å².